The van der Waals surface area contributed by atoms with Gasteiger partial charge in [-0.2, -0.15) is 5.26 Å². The smallest absolute Gasteiger partial charge is 0.303 e. The topological polar surface area (TPSA) is 108 Å². The average molecular weight is 743 g/mol. The Morgan fingerprint density at radius 3 is 2.35 bits per heavy atom. The van der Waals surface area contributed by atoms with Gasteiger partial charge in [0.15, 0.2) is 0 Å². The van der Waals surface area contributed by atoms with Crippen molar-refractivity contribution in [3.63, 3.8) is 0 Å². The Balaban J connectivity index is 1.18. The minimum Gasteiger partial charge on any atom is -0.488 e. The SMILES string of the molecule is Cc1c(COc2cc(OCc3cncc(C#N)c3)c(CNCCCC(=O)O)cc2Cl)cccc1-c1cccc(-c2ccc(CCN3CCCC3)cc2)c1C. The molecule has 1 fully saturated rings. The number of nitrogens with zero attached hydrogens (tertiary/aromatic N) is 3. The first-order valence-electron chi connectivity index (χ1n) is 18.6. The highest BCUT2D eigenvalue weighted by Gasteiger charge is 2.16. The summed E-state index contributed by atoms with van der Waals surface area (Å²) in [5.41, 5.74) is 11.6. The lowest BCUT2D eigenvalue weighted by Gasteiger charge is -2.18. The molecule has 0 spiro atoms. The highest BCUT2D eigenvalue weighted by atomic mass is 35.5. The summed E-state index contributed by atoms with van der Waals surface area (Å²) in [5.74, 6) is 0.226. The Labute approximate surface area is 323 Å². The molecule has 0 atom stereocenters. The fourth-order valence-corrected chi connectivity index (χ4v) is 7.25. The van der Waals surface area contributed by atoms with E-state index < -0.39 is 5.97 Å². The predicted octanol–water partition coefficient (Wildman–Crippen LogP) is 9.31. The average Bonchev–Trinajstić information content (AvgIpc) is 3.71. The molecule has 6 rings (SSSR count). The summed E-state index contributed by atoms with van der Waals surface area (Å²) in [5, 5.41) is 22.0. The molecule has 1 aromatic heterocycles. The van der Waals surface area contributed by atoms with Crippen molar-refractivity contribution in [2.75, 3.05) is 26.2 Å². The lowest BCUT2D eigenvalue weighted by atomic mass is 9.89. The third kappa shape index (κ3) is 10.1. The number of aliphatic carboxylic acids is 1. The number of halogens is 1. The Hall–Kier alpha value is -5.20. The van der Waals surface area contributed by atoms with Gasteiger partial charge in [0.05, 0.1) is 10.6 Å². The van der Waals surface area contributed by atoms with Gasteiger partial charge in [0.25, 0.3) is 0 Å². The molecule has 278 valence electrons. The van der Waals surface area contributed by atoms with Crippen LogP contribution in [0, 0.1) is 25.2 Å². The van der Waals surface area contributed by atoms with Crippen LogP contribution in [-0.2, 0) is 31.0 Å². The van der Waals surface area contributed by atoms with Gasteiger partial charge >= 0.3 is 5.97 Å². The van der Waals surface area contributed by atoms with Gasteiger partial charge in [-0.25, -0.2) is 0 Å². The first-order chi connectivity index (χ1) is 26.3. The first kappa shape index (κ1) is 38.5. The largest absolute Gasteiger partial charge is 0.488 e. The summed E-state index contributed by atoms with van der Waals surface area (Å²) < 4.78 is 12.6. The fraction of sp³-hybridized carbons (Fsp3) is 0.311. The molecule has 0 amide bonds. The van der Waals surface area contributed by atoms with Crippen LogP contribution in [0.25, 0.3) is 22.3 Å². The van der Waals surface area contributed by atoms with Gasteiger partial charge in [-0.3, -0.25) is 9.78 Å². The van der Waals surface area contributed by atoms with Gasteiger partial charge in [-0.1, -0.05) is 72.3 Å². The van der Waals surface area contributed by atoms with E-state index in [9.17, 15) is 10.1 Å². The highest BCUT2D eigenvalue weighted by molar-refractivity contribution is 6.32. The molecule has 2 heterocycles. The lowest BCUT2D eigenvalue weighted by Crippen LogP contribution is -2.21. The Kier molecular flexibility index (Phi) is 13.3. The van der Waals surface area contributed by atoms with Crippen molar-refractivity contribution in [2.45, 2.75) is 65.7 Å². The number of nitrogens with one attached hydrogen (secondary N) is 1. The van der Waals surface area contributed by atoms with Crippen LogP contribution < -0.4 is 14.8 Å². The van der Waals surface area contributed by atoms with Crippen LogP contribution in [0.4, 0.5) is 0 Å². The third-order valence-corrected chi connectivity index (χ3v) is 10.4. The monoisotopic (exact) mass is 742 g/mol. The van der Waals surface area contributed by atoms with Crippen molar-refractivity contribution in [3.8, 4) is 39.8 Å². The zero-order valence-electron chi connectivity index (χ0n) is 31.0. The van der Waals surface area contributed by atoms with E-state index in [-0.39, 0.29) is 13.0 Å². The molecule has 0 unspecified atom stereocenters. The van der Waals surface area contributed by atoms with Gasteiger partial charge in [0.2, 0.25) is 0 Å². The van der Waals surface area contributed by atoms with E-state index in [1.165, 1.54) is 59.9 Å². The molecule has 4 aromatic carbocycles. The number of ether oxygens (including phenoxy) is 2. The molecule has 9 heteroatoms. The summed E-state index contributed by atoms with van der Waals surface area (Å²) in [6, 6.07) is 29.4. The number of hydrogen-bond donors (Lipinski definition) is 2. The van der Waals surface area contributed by atoms with E-state index >= 15 is 0 Å². The van der Waals surface area contributed by atoms with Crippen LogP contribution in [0.3, 0.4) is 0 Å². The van der Waals surface area contributed by atoms with Crippen LogP contribution in [0.5, 0.6) is 11.5 Å². The van der Waals surface area contributed by atoms with Crippen LogP contribution in [0.2, 0.25) is 5.02 Å². The molecule has 1 aliphatic rings. The zero-order valence-corrected chi connectivity index (χ0v) is 31.8. The maximum atomic E-state index is 10.9. The molecular formula is C45H47ClN4O4. The van der Waals surface area contributed by atoms with Crippen molar-refractivity contribution >= 4 is 17.6 Å². The van der Waals surface area contributed by atoms with E-state index in [0.717, 1.165) is 40.8 Å². The van der Waals surface area contributed by atoms with Crippen molar-refractivity contribution in [1.29, 1.82) is 5.26 Å². The molecule has 1 saturated heterocycles. The predicted molar refractivity (Wildman–Crippen MR) is 214 cm³/mol. The van der Waals surface area contributed by atoms with Crippen molar-refractivity contribution in [3.05, 3.63) is 135 Å². The number of likely N-dealkylation sites (tertiary alicyclic amines) is 1. The first-order valence-corrected chi connectivity index (χ1v) is 19.0. The summed E-state index contributed by atoms with van der Waals surface area (Å²) in [6.45, 7) is 9.36. The van der Waals surface area contributed by atoms with Crippen LogP contribution in [0.1, 0.15) is 64.6 Å². The van der Waals surface area contributed by atoms with E-state index in [4.69, 9.17) is 26.2 Å². The summed E-state index contributed by atoms with van der Waals surface area (Å²) in [6.07, 6.45) is 7.49. The maximum absolute atomic E-state index is 10.9. The molecule has 5 aromatic rings. The molecule has 0 bridgehead atoms. The number of rotatable bonds is 17. The second-order valence-corrected chi connectivity index (χ2v) is 14.3. The summed E-state index contributed by atoms with van der Waals surface area (Å²) in [4.78, 5) is 17.6. The minimum atomic E-state index is -0.827. The van der Waals surface area contributed by atoms with E-state index in [0.29, 0.717) is 48.2 Å². The molecule has 8 nitrogen and oxygen atoms in total. The molecule has 0 saturated carbocycles. The maximum Gasteiger partial charge on any atom is 0.303 e. The Morgan fingerprint density at radius 2 is 1.59 bits per heavy atom. The van der Waals surface area contributed by atoms with E-state index in [1.807, 2.05) is 6.07 Å². The minimum absolute atomic E-state index is 0.0880. The molecule has 0 radical (unpaired) electrons. The van der Waals surface area contributed by atoms with E-state index in [1.54, 1.807) is 18.3 Å². The van der Waals surface area contributed by atoms with Crippen molar-refractivity contribution < 1.29 is 19.4 Å². The van der Waals surface area contributed by atoms with Crippen molar-refractivity contribution in [2.24, 2.45) is 0 Å². The second-order valence-electron chi connectivity index (χ2n) is 13.9. The van der Waals surface area contributed by atoms with Crippen molar-refractivity contribution in [1.82, 2.24) is 15.2 Å². The number of carboxylic acids is 1. The second kappa shape index (κ2) is 18.7. The zero-order chi connectivity index (χ0) is 37.9. The number of pyridine rings is 1. The summed E-state index contributed by atoms with van der Waals surface area (Å²) in [7, 11) is 0. The third-order valence-electron chi connectivity index (χ3n) is 10.1. The number of aromatic nitrogens is 1. The normalized spacial score (nSPS) is 12.8. The van der Waals surface area contributed by atoms with Gasteiger partial charge in [0, 0.05) is 49.1 Å². The van der Waals surface area contributed by atoms with Crippen LogP contribution in [-0.4, -0.2) is 47.1 Å². The highest BCUT2D eigenvalue weighted by Crippen LogP contribution is 2.37. The Bertz CT molecular complexity index is 2100. The number of carboxylic acid groups (broad SMARTS) is 1. The number of nitriles is 1. The number of benzene rings is 4. The van der Waals surface area contributed by atoms with E-state index in [2.05, 4.69) is 95.8 Å². The standard InChI is InChI=1S/C45H47ClN4O4/c1-31-37(8-5-10-40(31)41-11-6-9-39(32(41)2)36-15-13-33(14-16-36)17-21-50-19-3-4-20-50)30-54-44-24-43(53-29-35-22-34(25-47)26-49-27-35)38(23-42(44)46)28-48-18-7-12-45(51)52/h5-6,8-11,13-16,22-24,26-27,48H,3-4,7,12,17-21,28-30H2,1-2H3,(H,51,52). The van der Waals surface area contributed by atoms with Gasteiger partial charge < -0.3 is 24.8 Å². The fourth-order valence-electron chi connectivity index (χ4n) is 7.01. The van der Waals surface area contributed by atoms with Crippen LogP contribution >= 0.6 is 11.6 Å². The molecule has 0 aliphatic carbocycles. The molecule has 1 aliphatic heterocycles. The number of carbonyl (C=O) groups is 1. The van der Waals surface area contributed by atoms with Crippen LogP contribution in [0.15, 0.2) is 91.3 Å². The van der Waals surface area contributed by atoms with Gasteiger partial charge in [-0.05, 0) is 116 Å². The quantitative estimate of drug-likeness (QED) is 0.0909. The summed E-state index contributed by atoms with van der Waals surface area (Å²) >= 11 is 6.79. The van der Waals surface area contributed by atoms with Gasteiger partial charge in [0.1, 0.15) is 30.8 Å². The lowest BCUT2D eigenvalue weighted by molar-refractivity contribution is -0.137. The molecule has 2 N–H and O–H groups in total. The van der Waals surface area contributed by atoms with Gasteiger partial charge in [-0.15, -0.1) is 0 Å². The Morgan fingerprint density at radius 1 is 0.870 bits per heavy atom. The molecular weight excluding hydrogens is 696 g/mol. The number of hydrogen-bond acceptors (Lipinski definition) is 7. The molecule has 54 heavy (non-hydrogen) atoms.